The predicted octanol–water partition coefficient (Wildman–Crippen LogP) is 2.42. The van der Waals surface area contributed by atoms with Gasteiger partial charge < -0.3 is 9.47 Å². The molecule has 0 amide bonds. The Balaban J connectivity index is 2.24. The number of halogens is 1. The molecule has 82 valence electrons. The fourth-order valence-corrected chi connectivity index (χ4v) is 1.14. The minimum atomic E-state index is -0.884. The van der Waals surface area contributed by atoms with Gasteiger partial charge in [0.1, 0.15) is 5.75 Å². The van der Waals surface area contributed by atoms with Gasteiger partial charge in [-0.2, -0.15) is 14.4 Å². The van der Waals surface area contributed by atoms with Gasteiger partial charge in [-0.25, -0.2) is 0 Å². The van der Waals surface area contributed by atoms with Crippen LogP contribution in [0.15, 0.2) is 36.4 Å². The molecule has 5 heteroatoms. The molecular formula is C11H9FN2O2. The summed E-state index contributed by atoms with van der Waals surface area (Å²) in [5, 5.41) is 0. The molecule has 0 saturated carbocycles. The van der Waals surface area contributed by atoms with Gasteiger partial charge in [0.25, 0.3) is 0 Å². The summed E-state index contributed by atoms with van der Waals surface area (Å²) in [5.74, 6) is 0.802. The van der Waals surface area contributed by atoms with Gasteiger partial charge in [-0.05, 0) is 12.1 Å². The molecule has 1 aromatic heterocycles. The highest BCUT2D eigenvalue weighted by Gasteiger charge is 2.05. The van der Waals surface area contributed by atoms with Gasteiger partial charge in [-0.3, -0.25) is 0 Å². The maximum Gasteiger partial charge on any atom is 0.315 e. The zero-order valence-electron chi connectivity index (χ0n) is 8.55. The van der Waals surface area contributed by atoms with Crippen LogP contribution in [0.4, 0.5) is 4.39 Å². The molecule has 4 nitrogen and oxygen atoms in total. The van der Waals surface area contributed by atoms with Crippen molar-refractivity contribution in [1.29, 1.82) is 0 Å². The van der Waals surface area contributed by atoms with E-state index >= 15 is 0 Å². The quantitative estimate of drug-likeness (QED) is 0.745. The molecule has 0 saturated heterocycles. The molecule has 2 rings (SSSR count). The Morgan fingerprint density at radius 3 is 2.44 bits per heavy atom. The van der Waals surface area contributed by atoms with E-state index in [1.165, 1.54) is 13.2 Å². The molecule has 0 N–H and O–H groups in total. The van der Waals surface area contributed by atoms with Crippen LogP contribution in [0.25, 0.3) is 0 Å². The summed E-state index contributed by atoms with van der Waals surface area (Å²) in [5.41, 5.74) is 0. The Kier molecular flexibility index (Phi) is 2.95. The molecule has 1 heterocycles. The third-order valence-corrected chi connectivity index (χ3v) is 1.83. The number of rotatable bonds is 3. The highest BCUT2D eigenvalue weighted by Crippen LogP contribution is 2.21. The first-order chi connectivity index (χ1) is 7.78. The van der Waals surface area contributed by atoms with E-state index in [9.17, 15) is 4.39 Å². The molecule has 0 bridgehead atoms. The van der Waals surface area contributed by atoms with E-state index in [4.69, 9.17) is 9.47 Å². The third-order valence-electron chi connectivity index (χ3n) is 1.83. The summed E-state index contributed by atoms with van der Waals surface area (Å²) in [6.45, 7) is 0. The topological polar surface area (TPSA) is 44.2 Å². The largest absolute Gasteiger partial charge is 0.481 e. The summed E-state index contributed by atoms with van der Waals surface area (Å²) in [6.07, 6.45) is -0.884. The average Bonchev–Trinajstić information content (AvgIpc) is 2.29. The highest BCUT2D eigenvalue weighted by molar-refractivity contribution is 5.28. The maximum absolute atomic E-state index is 12.9. The minimum absolute atomic E-state index is 0.107. The first-order valence-electron chi connectivity index (χ1n) is 4.59. The number of methoxy groups -OCH3 is 1. The van der Waals surface area contributed by atoms with Gasteiger partial charge in [-0.1, -0.05) is 18.2 Å². The predicted molar refractivity (Wildman–Crippen MR) is 55.1 cm³/mol. The Hall–Kier alpha value is -2.17. The lowest BCUT2D eigenvalue weighted by Crippen LogP contribution is -1.97. The zero-order valence-corrected chi connectivity index (χ0v) is 8.55. The molecule has 0 aliphatic carbocycles. The standard InChI is InChI=1S/C11H9FN2O2/c1-15-9-7-10(14-11(12)13-9)16-8-5-3-2-4-6-8/h2-7H,1H3. The van der Waals surface area contributed by atoms with Gasteiger partial charge in [0, 0.05) is 0 Å². The lowest BCUT2D eigenvalue weighted by molar-refractivity contribution is 0.367. The number of hydrogen-bond donors (Lipinski definition) is 0. The summed E-state index contributed by atoms with van der Waals surface area (Å²) in [4.78, 5) is 6.91. The molecule has 0 fully saturated rings. The van der Waals surface area contributed by atoms with Gasteiger partial charge in [-0.15, -0.1) is 0 Å². The molecule has 0 aliphatic heterocycles. The fraction of sp³-hybridized carbons (Fsp3) is 0.0909. The Morgan fingerprint density at radius 2 is 1.75 bits per heavy atom. The number of benzene rings is 1. The van der Waals surface area contributed by atoms with Crippen molar-refractivity contribution in [3.05, 3.63) is 42.5 Å². The van der Waals surface area contributed by atoms with Crippen molar-refractivity contribution >= 4 is 0 Å². The van der Waals surface area contributed by atoms with E-state index in [-0.39, 0.29) is 11.8 Å². The first-order valence-corrected chi connectivity index (χ1v) is 4.59. The molecule has 0 atom stereocenters. The molecule has 2 aromatic rings. The fourth-order valence-electron chi connectivity index (χ4n) is 1.14. The lowest BCUT2D eigenvalue weighted by atomic mass is 10.3. The molecule has 1 aromatic carbocycles. The highest BCUT2D eigenvalue weighted by atomic mass is 19.1. The van der Waals surface area contributed by atoms with Crippen LogP contribution in [0.2, 0.25) is 0 Å². The number of para-hydroxylation sites is 1. The van der Waals surface area contributed by atoms with Crippen LogP contribution in [-0.4, -0.2) is 17.1 Å². The van der Waals surface area contributed by atoms with Gasteiger partial charge >= 0.3 is 6.08 Å². The third kappa shape index (κ3) is 2.44. The van der Waals surface area contributed by atoms with Crippen LogP contribution in [0.1, 0.15) is 0 Å². The molecule has 0 spiro atoms. The van der Waals surface area contributed by atoms with E-state index in [1.807, 2.05) is 18.2 Å². The van der Waals surface area contributed by atoms with Crippen molar-refractivity contribution in [1.82, 2.24) is 9.97 Å². The monoisotopic (exact) mass is 220 g/mol. The molecule has 0 radical (unpaired) electrons. The van der Waals surface area contributed by atoms with Crippen molar-refractivity contribution in [2.75, 3.05) is 7.11 Å². The Morgan fingerprint density at radius 1 is 1.06 bits per heavy atom. The van der Waals surface area contributed by atoms with Gasteiger partial charge in [0.15, 0.2) is 0 Å². The van der Waals surface area contributed by atoms with Gasteiger partial charge in [0.2, 0.25) is 11.8 Å². The second-order valence-electron chi connectivity index (χ2n) is 2.93. The minimum Gasteiger partial charge on any atom is -0.481 e. The van der Waals surface area contributed by atoms with Crippen LogP contribution in [0.5, 0.6) is 17.5 Å². The van der Waals surface area contributed by atoms with Crippen molar-refractivity contribution in [2.24, 2.45) is 0 Å². The smallest absolute Gasteiger partial charge is 0.315 e. The summed E-state index contributed by atoms with van der Waals surface area (Å²) in [7, 11) is 1.40. The van der Waals surface area contributed by atoms with E-state index in [2.05, 4.69) is 9.97 Å². The van der Waals surface area contributed by atoms with Crippen molar-refractivity contribution < 1.29 is 13.9 Å². The second-order valence-corrected chi connectivity index (χ2v) is 2.93. The van der Waals surface area contributed by atoms with Crippen molar-refractivity contribution in [3.8, 4) is 17.5 Å². The molecule has 0 unspecified atom stereocenters. The first kappa shape index (κ1) is 10.4. The second kappa shape index (κ2) is 4.57. The van der Waals surface area contributed by atoms with E-state index in [1.54, 1.807) is 12.1 Å². The summed E-state index contributed by atoms with van der Waals surface area (Å²) < 4.78 is 23.1. The maximum atomic E-state index is 12.9. The molecule has 0 aliphatic rings. The Labute approximate surface area is 91.7 Å². The summed E-state index contributed by atoms with van der Waals surface area (Å²) in [6, 6.07) is 10.4. The zero-order chi connectivity index (χ0) is 11.4. The van der Waals surface area contributed by atoms with E-state index in [0.29, 0.717) is 5.75 Å². The van der Waals surface area contributed by atoms with Crippen LogP contribution < -0.4 is 9.47 Å². The molecule has 16 heavy (non-hydrogen) atoms. The van der Waals surface area contributed by atoms with Crippen LogP contribution in [-0.2, 0) is 0 Å². The van der Waals surface area contributed by atoms with Crippen LogP contribution in [0, 0.1) is 6.08 Å². The average molecular weight is 220 g/mol. The SMILES string of the molecule is COc1cc(Oc2ccccc2)nc(F)n1. The number of ether oxygens (including phenoxy) is 2. The van der Waals surface area contributed by atoms with Gasteiger partial charge in [0.05, 0.1) is 13.2 Å². The van der Waals surface area contributed by atoms with E-state index in [0.717, 1.165) is 0 Å². The van der Waals surface area contributed by atoms with Crippen molar-refractivity contribution in [3.63, 3.8) is 0 Å². The number of aromatic nitrogens is 2. The number of hydrogen-bond acceptors (Lipinski definition) is 4. The Bertz CT molecular complexity index is 477. The number of nitrogens with zero attached hydrogens (tertiary/aromatic N) is 2. The summed E-state index contributed by atoms with van der Waals surface area (Å²) >= 11 is 0. The van der Waals surface area contributed by atoms with Crippen LogP contribution >= 0.6 is 0 Å². The van der Waals surface area contributed by atoms with Crippen LogP contribution in [0.3, 0.4) is 0 Å². The normalized spacial score (nSPS) is 9.88. The van der Waals surface area contributed by atoms with E-state index < -0.39 is 6.08 Å². The molecular weight excluding hydrogens is 211 g/mol. The van der Waals surface area contributed by atoms with Crippen molar-refractivity contribution in [2.45, 2.75) is 0 Å². The lowest BCUT2D eigenvalue weighted by Gasteiger charge is -2.05.